The Kier molecular flexibility index (Phi) is 4.70. The molecule has 160 valence electrons. The number of benzene rings is 4. The number of rotatable bonds is 2. The monoisotopic (exact) mass is 419 g/mol. The lowest BCUT2D eigenvalue weighted by Crippen LogP contribution is -2.42. The summed E-state index contributed by atoms with van der Waals surface area (Å²) in [4.78, 5) is 16.2. The summed E-state index contributed by atoms with van der Waals surface area (Å²) in [5, 5.41) is 2.38. The van der Waals surface area contributed by atoms with Crippen LogP contribution in [0.2, 0.25) is 0 Å². The molecule has 4 aromatic carbocycles. The van der Waals surface area contributed by atoms with Gasteiger partial charge in [-0.2, -0.15) is 0 Å². The highest BCUT2D eigenvalue weighted by Crippen LogP contribution is 2.47. The smallest absolute Gasteiger partial charge is 0.237 e. The molecule has 1 heterocycles. The predicted molar refractivity (Wildman–Crippen MR) is 134 cm³/mol. The lowest BCUT2D eigenvalue weighted by molar-refractivity contribution is -0.123. The first-order valence-electron chi connectivity index (χ1n) is 11.3. The number of hydrogen-bond acceptors (Lipinski definition) is 1. The molecule has 1 aliphatic rings. The van der Waals surface area contributed by atoms with E-state index in [9.17, 15) is 4.79 Å². The molecule has 0 aromatic heterocycles. The fraction of sp³-hybridized carbons (Fsp3) is 0.233. The van der Waals surface area contributed by atoms with Crippen LogP contribution in [0.25, 0.3) is 21.9 Å². The van der Waals surface area contributed by atoms with Crippen LogP contribution >= 0.6 is 0 Å². The molecule has 2 heteroatoms. The molecule has 1 aliphatic heterocycles. The highest BCUT2D eigenvalue weighted by atomic mass is 16.2. The molecule has 32 heavy (non-hydrogen) atoms. The van der Waals surface area contributed by atoms with E-state index in [4.69, 9.17) is 0 Å². The van der Waals surface area contributed by atoms with Crippen LogP contribution in [0, 0.1) is 20.8 Å². The van der Waals surface area contributed by atoms with E-state index in [0.717, 1.165) is 22.4 Å². The highest BCUT2D eigenvalue weighted by Gasteiger charge is 2.40. The van der Waals surface area contributed by atoms with Gasteiger partial charge < -0.3 is 4.90 Å². The quantitative estimate of drug-likeness (QED) is 0.335. The molecule has 0 atom stereocenters. The Hall–Kier alpha value is -3.39. The first-order valence-corrected chi connectivity index (χ1v) is 11.3. The molecule has 0 spiro atoms. The fourth-order valence-electron chi connectivity index (χ4n) is 5.35. The lowest BCUT2D eigenvalue weighted by atomic mass is 9.80. The summed E-state index contributed by atoms with van der Waals surface area (Å²) in [6, 6.07) is 25.6. The van der Waals surface area contributed by atoms with Gasteiger partial charge in [-0.25, -0.2) is 0 Å². The maximum absolute atomic E-state index is 14.1. The van der Waals surface area contributed by atoms with Gasteiger partial charge >= 0.3 is 0 Å². The van der Waals surface area contributed by atoms with Gasteiger partial charge in [0, 0.05) is 5.56 Å². The number of carbonyl (C=O) groups excluding carboxylic acids is 1. The molecule has 1 amide bonds. The van der Waals surface area contributed by atoms with E-state index >= 15 is 0 Å². The molecule has 0 saturated carbocycles. The number of nitrogens with zero attached hydrogens (tertiary/aromatic N) is 1. The summed E-state index contributed by atoms with van der Waals surface area (Å²) in [7, 11) is 0. The van der Waals surface area contributed by atoms with Gasteiger partial charge in [0.1, 0.15) is 0 Å². The Morgan fingerprint density at radius 1 is 0.812 bits per heavy atom. The van der Waals surface area contributed by atoms with Crippen LogP contribution in [0.3, 0.4) is 0 Å². The van der Waals surface area contributed by atoms with Crippen molar-refractivity contribution >= 4 is 22.4 Å². The van der Waals surface area contributed by atoms with Gasteiger partial charge in [-0.05, 0) is 79.3 Å². The fourth-order valence-corrected chi connectivity index (χ4v) is 5.35. The minimum Gasteiger partial charge on any atom is -0.307 e. The largest absolute Gasteiger partial charge is 0.307 e. The zero-order valence-electron chi connectivity index (χ0n) is 19.5. The van der Waals surface area contributed by atoms with Gasteiger partial charge in [0.2, 0.25) is 5.91 Å². The number of carbonyl (C=O) groups is 1. The van der Waals surface area contributed by atoms with Crippen molar-refractivity contribution in [1.82, 2.24) is 0 Å². The van der Waals surface area contributed by atoms with Gasteiger partial charge in [0.15, 0.2) is 0 Å². The van der Waals surface area contributed by atoms with E-state index < -0.39 is 5.41 Å². The molecule has 0 N–H and O–H groups in total. The minimum atomic E-state index is -0.636. The Morgan fingerprint density at radius 2 is 1.47 bits per heavy atom. The zero-order chi connectivity index (χ0) is 22.6. The molecule has 0 fully saturated rings. The summed E-state index contributed by atoms with van der Waals surface area (Å²) in [5.41, 5.74) is 8.69. The third-order valence-electron chi connectivity index (χ3n) is 7.00. The van der Waals surface area contributed by atoms with Crippen LogP contribution in [0.4, 0.5) is 5.69 Å². The lowest BCUT2D eigenvalue weighted by Gasteiger charge is -2.31. The van der Waals surface area contributed by atoms with E-state index in [1.165, 1.54) is 33.0 Å². The summed E-state index contributed by atoms with van der Waals surface area (Å²) in [6.07, 6.45) is 0. The van der Waals surface area contributed by atoms with Crippen LogP contribution in [-0.4, -0.2) is 5.91 Å². The van der Waals surface area contributed by atoms with Crippen LogP contribution < -0.4 is 4.90 Å². The Bertz CT molecular complexity index is 1360. The van der Waals surface area contributed by atoms with Crippen LogP contribution in [0.5, 0.6) is 0 Å². The van der Waals surface area contributed by atoms with E-state index in [2.05, 4.69) is 101 Å². The van der Waals surface area contributed by atoms with E-state index in [1.54, 1.807) is 0 Å². The third kappa shape index (κ3) is 3.05. The van der Waals surface area contributed by atoms with Gasteiger partial charge in [-0.15, -0.1) is 0 Å². The molecule has 0 radical (unpaired) electrons. The highest BCUT2D eigenvalue weighted by molar-refractivity contribution is 6.13. The topological polar surface area (TPSA) is 20.3 Å². The molecule has 0 bridgehead atoms. The predicted octanol–water partition coefficient (Wildman–Crippen LogP) is 7.26. The maximum atomic E-state index is 14.1. The second-order valence-electron chi connectivity index (χ2n) is 9.62. The second kappa shape index (κ2) is 7.34. The van der Waals surface area contributed by atoms with Gasteiger partial charge in [0.05, 0.1) is 17.6 Å². The van der Waals surface area contributed by atoms with Crippen molar-refractivity contribution in [1.29, 1.82) is 0 Å². The Balaban J connectivity index is 1.82. The van der Waals surface area contributed by atoms with Crippen molar-refractivity contribution in [3.63, 3.8) is 0 Å². The van der Waals surface area contributed by atoms with E-state index in [0.29, 0.717) is 6.54 Å². The van der Waals surface area contributed by atoms with Crippen molar-refractivity contribution in [2.45, 2.75) is 46.6 Å². The van der Waals surface area contributed by atoms with Crippen molar-refractivity contribution < 1.29 is 4.79 Å². The molecule has 2 nitrogen and oxygen atoms in total. The molecular weight excluding hydrogens is 390 g/mol. The third-order valence-corrected chi connectivity index (χ3v) is 7.00. The van der Waals surface area contributed by atoms with Crippen molar-refractivity contribution in [3.05, 3.63) is 101 Å². The average molecular weight is 420 g/mol. The summed E-state index contributed by atoms with van der Waals surface area (Å²) >= 11 is 0. The van der Waals surface area contributed by atoms with Gasteiger partial charge in [-0.1, -0.05) is 72.3 Å². The van der Waals surface area contributed by atoms with E-state index in [-0.39, 0.29) is 5.91 Å². The summed E-state index contributed by atoms with van der Waals surface area (Å²) in [6.45, 7) is 11.1. The second-order valence-corrected chi connectivity index (χ2v) is 9.62. The number of anilines is 1. The van der Waals surface area contributed by atoms with Crippen molar-refractivity contribution in [3.8, 4) is 11.1 Å². The molecule has 0 unspecified atom stereocenters. The SMILES string of the molecule is Cc1cc(C)c(CN2C(=O)C(C)(C)c3ccccc3-c3c2ccc2ccccc32)c(C)c1. The average Bonchev–Trinajstić information content (AvgIpc) is 2.83. The standard InChI is InChI=1S/C30H29NO/c1-19-16-20(2)25(21(3)17-19)18-31-27-15-14-22-10-6-7-11-23(22)28(27)24-12-8-9-13-26(24)30(4,5)29(31)32/h6-17H,18H2,1-5H3. The molecule has 0 aliphatic carbocycles. The number of hydrogen-bond donors (Lipinski definition) is 0. The Morgan fingerprint density at radius 3 is 2.22 bits per heavy atom. The van der Waals surface area contributed by atoms with Crippen LogP contribution in [-0.2, 0) is 16.8 Å². The zero-order valence-corrected chi connectivity index (χ0v) is 19.5. The normalized spacial score (nSPS) is 14.8. The molecule has 0 saturated heterocycles. The number of fused-ring (bicyclic) bond motifs is 5. The van der Waals surface area contributed by atoms with Crippen molar-refractivity contribution in [2.24, 2.45) is 0 Å². The van der Waals surface area contributed by atoms with Crippen LogP contribution in [0.15, 0.2) is 72.8 Å². The summed E-state index contributed by atoms with van der Waals surface area (Å²) in [5.74, 6) is 0.137. The maximum Gasteiger partial charge on any atom is 0.237 e. The molecular formula is C30H29NO. The molecule has 4 aromatic rings. The van der Waals surface area contributed by atoms with E-state index in [1.807, 2.05) is 11.0 Å². The van der Waals surface area contributed by atoms with Gasteiger partial charge in [0.25, 0.3) is 0 Å². The first-order chi connectivity index (χ1) is 15.3. The van der Waals surface area contributed by atoms with Crippen LogP contribution in [0.1, 0.15) is 41.7 Å². The van der Waals surface area contributed by atoms with Gasteiger partial charge in [-0.3, -0.25) is 4.79 Å². The minimum absolute atomic E-state index is 0.137. The Labute approximate surface area is 190 Å². The van der Waals surface area contributed by atoms with Crippen molar-refractivity contribution in [2.75, 3.05) is 4.90 Å². The first kappa shape index (κ1) is 20.5. The number of amides is 1. The number of aryl methyl sites for hydroxylation is 3. The summed E-state index contributed by atoms with van der Waals surface area (Å²) < 4.78 is 0. The molecule has 5 rings (SSSR count).